The zero-order valence-corrected chi connectivity index (χ0v) is 21.4. The number of carbonyl (C=O) groups is 4. The summed E-state index contributed by atoms with van der Waals surface area (Å²) in [4.78, 5) is 50.3. The van der Waals surface area contributed by atoms with Crippen LogP contribution in [0.5, 0.6) is 5.75 Å². The second kappa shape index (κ2) is 15.3. The molecule has 11 heteroatoms. The van der Waals surface area contributed by atoms with E-state index in [0.717, 1.165) is 11.1 Å². The number of hydrogen-bond acceptors (Lipinski definition) is 7. The molecule has 4 atom stereocenters. The zero-order chi connectivity index (χ0) is 28.1. The average molecular weight is 528 g/mol. The fraction of sp³-hybridized carbons (Fsp3) is 0.407. The molecule has 0 saturated heterocycles. The summed E-state index contributed by atoms with van der Waals surface area (Å²) in [5.41, 5.74) is 13.2. The topological polar surface area (TPSA) is 197 Å². The average Bonchev–Trinajstić information content (AvgIpc) is 2.89. The molecular weight excluding hydrogens is 490 g/mol. The number of carbonyl (C=O) groups excluding carboxylic acids is 3. The number of nitrogens with one attached hydrogen (secondary N) is 3. The quantitative estimate of drug-likeness (QED) is 0.159. The van der Waals surface area contributed by atoms with Gasteiger partial charge in [-0.05, 0) is 62.4 Å². The number of hydrogen-bond donors (Lipinski definition) is 7. The van der Waals surface area contributed by atoms with Gasteiger partial charge in [-0.2, -0.15) is 0 Å². The molecule has 9 N–H and O–H groups in total. The van der Waals surface area contributed by atoms with Crippen molar-refractivity contribution < 1.29 is 29.4 Å². The van der Waals surface area contributed by atoms with Crippen LogP contribution in [-0.2, 0) is 32.0 Å². The molecule has 0 aliphatic carbocycles. The van der Waals surface area contributed by atoms with Crippen molar-refractivity contribution >= 4 is 23.7 Å². The summed E-state index contributed by atoms with van der Waals surface area (Å²) in [5.74, 6) is -2.91. The van der Waals surface area contributed by atoms with Crippen molar-refractivity contribution in [1.29, 1.82) is 0 Å². The number of aromatic hydroxyl groups is 1. The minimum Gasteiger partial charge on any atom is -0.508 e. The van der Waals surface area contributed by atoms with Crippen LogP contribution in [0.3, 0.4) is 0 Å². The Balaban J connectivity index is 2.15. The molecule has 2 aromatic rings. The molecule has 11 nitrogen and oxygen atoms in total. The first-order valence-corrected chi connectivity index (χ1v) is 12.5. The number of carboxylic acids is 1. The molecule has 4 unspecified atom stereocenters. The Hall–Kier alpha value is -3.96. The second-order valence-electron chi connectivity index (χ2n) is 9.14. The largest absolute Gasteiger partial charge is 0.508 e. The van der Waals surface area contributed by atoms with Gasteiger partial charge in [-0.3, -0.25) is 19.2 Å². The van der Waals surface area contributed by atoms with Crippen LogP contribution in [0.2, 0.25) is 0 Å². The molecule has 0 aliphatic rings. The minimum atomic E-state index is -1.21. The molecule has 0 fully saturated rings. The normalized spacial score (nSPS) is 14.0. The van der Waals surface area contributed by atoms with Crippen molar-refractivity contribution in [3.63, 3.8) is 0 Å². The summed E-state index contributed by atoms with van der Waals surface area (Å²) >= 11 is 0. The Morgan fingerprint density at radius 1 is 0.789 bits per heavy atom. The van der Waals surface area contributed by atoms with Gasteiger partial charge >= 0.3 is 5.97 Å². The highest BCUT2D eigenvalue weighted by Crippen LogP contribution is 2.12. The number of aliphatic carboxylic acids is 1. The van der Waals surface area contributed by atoms with Gasteiger partial charge in [-0.1, -0.05) is 42.5 Å². The predicted octanol–water partition coefficient (Wildman–Crippen LogP) is 0.193. The van der Waals surface area contributed by atoms with Crippen LogP contribution < -0.4 is 27.4 Å². The fourth-order valence-electron chi connectivity index (χ4n) is 3.73. The predicted molar refractivity (Wildman–Crippen MR) is 142 cm³/mol. The van der Waals surface area contributed by atoms with E-state index in [9.17, 15) is 29.4 Å². The lowest BCUT2D eigenvalue weighted by molar-refractivity contribution is -0.141. The van der Waals surface area contributed by atoms with Crippen molar-refractivity contribution in [2.45, 2.75) is 63.2 Å². The number of carboxylic acid groups (broad SMARTS) is 1. The maximum Gasteiger partial charge on any atom is 0.325 e. The highest BCUT2D eigenvalue weighted by atomic mass is 16.4. The molecular formula is C27H37N5O6. The van der Waals surface area contributed by atoms with E-state index in [4.69, 9.17) is 11.5 Å². The first-order chi connectivity index (χ1) is 18.1. The van der Waals surface area contributed by atoms with E-state index in [1.54, 1.807) is 36.4 Å². The van der Waals surface area contributed by atoms with Crippen LogP contribution in [0.15, 0.2) is 54.6 Å². The van der Waals surface area contributed by atoms with Crippen molar-refractivity contribution in [1.82, 2.24) is 16.0 Å². The monoisotopic (exact) mass is 527 g/mol. The lowest BCUT2D eigenvalue weighted by Crippen LogP contribution is -2.57. The van der Waals surface area contributed by atoms with E-state index in [1.165, 1.54) is 19.1 Å². The Kier molecular flexibility index (Phi) is 12.2. The van der Waals surface area contributed by atoms with Crippen LogP contribution in [0.25, 0.3) is 0 Å². The molecule has 0 bridgehead atoms. The Labute approximate surface area is 222 Å². The van der Waals surface area contributed by atoms with E-state index in [-0.39, 0.29) is 25.0 Å². The molecule has 3 amide bonds. The molecule has 0 saturated carbocycles. The Morgan fingerprint density at radius 2 is 1.37 bits per heavy atom. The maximum atomic E-state index is 13.3. The Morgan fingerprint density at radius 3 is 1.97 bits per heavy atom. The number of phenolic OH excluding ortho intramolecular Hbond substituents is 1. The molecule has 206 valence electrons. The molecule has 0 radical (unpaired) electrons. The standard InChI is InChI=1S/C27H37N5O6/c1-17(27(37)38)30-26(36)23(16-18-7-3-2-4-8-18)32-25(35)22(9-5-6-14-28)31-24(34)21(29)15-19-10-12-20(33)13-11-19/h2-4,7-8,10-13,17,21-23,33H,5-6,9,14-16,28-29H2,1H3,(H,30,36)(H,31,34)(H,32,35)(H,37,38). The third-order valence-corrected chi connectivity index (χ3v) is 5.95. The van der Waals surface area contributed by atoms with Gasteiger partial charge in [0.2, 0.25) is 17.7 Å². The number of phenols is 1. The maximum absolute atomic E-state index is 13.3. The van der Waals surface area contributed by atoms with E-state index in [0.29, 0.717) is 19.4 Å². The van der Waals surface area contributed by atoms with E-state index in [2.05, 4.69) is 16.0 Å². The molecule has 2 aromatic carbocycles. The number of nitrogens with two attached hydrogens (primary N) is 2. The molecule has 2 rings (SSSR count). The summed E-state index contributed by atoms with van der Waals surface area (Å²) in [6.45, 7) is 1.74. The van der Waals surface area contributed by atoms with Gasteiger partial charge in [0.1, 0.15) is 23.9 Å². The van der Waals surface area contributed by atoms with Crippen LogP contribution >= 0.6 is 0 Å². The van der Waals surface area contributed by atoms with E-state index in [1.807, 2.05) is 6.07 Å². The summed E-state index contributed by atoms with van der Waals surface area (Å²) in [6, 6.07) is 11.1. The number of rotatable bonds is 15. The van der Waals surface area contributed by atoms with Gasteiger partial charge in [-0.25, -0.2) is 0 Å². The lowest BCUT2D eigenvalue weighted by Gasteiger charge is -2.25. The van der Waals surface area contributed by atoms with Gasteiger partial charge in [-0.15, -0.1) is 0 Å². The van der Waals surface area contributed by atoms with Gasteiger partial charge in [0.15, 0.2) is 0 Å². The third-order valence-electron chi connectivity index (χ3n) is 5.95. The van der Waals surface area contributed by atoms with Gasteiger partial charge in [0.25, 0.3) is 0 Å². The number of unbranched alkanes of at least 4 members (excludes halogenated alkanes) is 1. The number of amides is 3. The van der Waals surface area contributed by atoms with Crippen molar-refractivity contribution in [2.75, 3.05) is 6.54 Å². The summed E-state index contributed by atoms with van der Waals surface area (Å²) < 4.78 is 0. The first-order valence-electron chi connectivity index (χ1n) is 12.5. The van der Waals surface area contributed by atoms with Gasteiger partial charge in [0, 0.05) is 6.42 Å². The first kappa shape index (κ1) is 30.3. The fourth-order valence-corrected chi connectivity index (χ4v) is 3.73. The second-order valence-corrected chi connectivity index (χ2v) is 9.14. The van der Waals surface area contributed by atoms with Crippen LogP contribution in [0, 0.1) is 0 Å². The van der Waals surface area contributed by atoms with Gasteiger partial charge < -0.3 is 37.6 Å². The minimum absolute atomic E-state index is 0.0928. The number of benzene rings is 2. The zero-order valence-electron chi connectivity index (χ0n) is 21.4. The van der Waals surface area contributed by atoms with Crippen molar-refractivity contribution in [3.05, 3.63) is 65.7 Å². The van der Waals surface area contributed by atoms with Gasteiger partial charge in [0.05, 0.1) is 6.04 Å². The van der Waals surface area contributed by atoms with Crippen LogP contribution in [-0.4, -0.2) is 64.6 Å². The smallest absolute Gasteiger partial charge is 0.325 e. The van der Waals surface area contributed by atoms with E-state index < -0.39 is 47.9 Å². The van der Waals surface area contributed by atoms with Crippen molar-refractivity contribution in [3.8, 4) is 5.75 Å². The summed E-state index contributed by atoms with van der Waals surface area (Å²) in [5, 5.41) is 26.4. The molecule has 38 heavy (non-hydrogen) atoms. The molecule has 0 aliphatic heterocycles. The van der Waals surface area contributed by atoms with Crippen LogP contribution in [0.4, 0.5) is 0 Å². The Bertz CT molecular complexity index is 1060. The SMILES string of the molecule is CC(NC(=O)C(Cc1ccccc1)NC(=O)C(CCCCN)NC(=O)C(N)Cc1ccc(O)cc1)C(=O)O. The highest BCUT2D eigenvalue weighted by Gasteiger charge is 2.29. The van der Waals surface area contributed by atoms with Crippen LogP contribution in [0.1, 0.15) is 37.3 Å². The molecule has 0 spiro atoms. The molecule has 0 heterocycles. The highest BCUT2D eigenvalue weighted by molar-refractivity contribution is 5.94. The summed E-state index contributed by atoms with van der Waals surface area (Å²) in [7, 11) is 0. The molecule has 0 aromatic heterocycles. The van der Waals surface area contributed by atoms with Crippen molar-refractivity contribution in [2.24, 2.45) is 11.5 Å². The lowest BCUT2D eigenvalue weighted by atomic mass is 10.0. The van der Waals surface area contributed by atoms with E-state index >= 15 is 0 Å². The third kappa shape index (κ3) is 10.2. The summed E-state index contributed by atoms with van der Waals surface area (Å²) in [6.07, 6.45) is 1.76.